The third kappa shape index (κ3) is 2.91. The first-order chi connectivity index (χ1) is 11.8. The second kappa shape index (κ2) is 6.14. The molecule has 3 rings (SSSR count). The number of ether oxygens (including phenoxy) is 1. The van der Waals surface area contributed by atoms with Gasteiger partial charge in [0.1, 0.15) is 11.9 Å². The van der Waals surface area contributed by atoms with Crippen LogP contribution in [0.15, 0.2) is 23.9 Å². The molecule has 0 spiro atoms. The van der Waals surface area contributed by atoms with Crippen LogP contribution in [0.4, 0.5) is 5.82 Å². The number of fused-ring (bicyclic) bond motifs is 1. The van der Waals surface area contributed by atoms with Gasteiger partial charge in [-0.2, -0.15) is 0 Å². The van der Waals surface area contributed by atoms with E-state index in [2.05, 4.69) is 4.98 Å². The minimum Gasteiger partial charge on any atom is -0.426 e. The van der Waals surface area contributed by atoms with Crippen molar-refractivity contribution < 1.29 is 19.2 Å². The van der Waals surface area contributed by atoms with E-state index in [-0.39, 0.29) is 35.2 Å². The van der Waals surface area contributed by atoms with Crippen LogP contribution in [-0.4, -0.2) is 26.2 Å². The zero-order valence-electron chi connectivity index (χ0n) is 13.3. The molecule has 1 aromatic carbocycles. The number of imidazole rings is 1. The topological polar surface area (TPSA) is 104 Å². The van der Waals surface area contributed by atoms with Crippen molar-refractivity contribution in [3.05, 3.63) is 56.0 Å². The fraction of sp³-hybridized carbons (Fsp3) is 0.188. The van der Waals surface area contributed by atoms with Gasteiger partial charge >= 0.3 is 11.8 Å². The van der Waals surface area contributed by atoms with Crippen molar-refractivity contribution >= 4 is 35.2 Å². The molecule has 1 aliphatic rings. The van der Waals surface area contributed by atoms with Crippen molar-refractivity contribution in [2.24, 2.45) is 7.05 Å². The number of benzene rings is 1. The summed E-state index contributed by atoms with van der Waals surface area (Å²) >= 11 is 6.16. The lowest BCUT2D eigenvalue weighted by molar-refractivity contribution is -0.391. The van der Waals surface area contributed by atoms with Crippen LogP contribution in [-0.2, 0) is 18.3 Å². The highest BCUT2D eigenvalue weighted by molar-refractivity contribution is 6.33. The number of esters is 1. The van der Waals surface area contributed by atoms with Gasteiger partial charge in [-0.3, -0.25) is 9.59 Å². The number of aromatic nitrogens is 2. The summed E-state index contributed by atoms with van der Waals surface area (Å²) in [4.78, 5) is 38.3. The molecule has 0 atom stereocenters. The van der Waals surface area contributed by atoms with E-state index in [9.17, 15) is 19.7 Å². The number of carbonyl (C=O) groups excluding carboxylic acids is 2. The molecule has 0 N–H and O–H groups in total. The Balaban J connectivity index is 2.05. The monoisotopic (exact) mass is 361 g/mol. The van der Waals surface area contributed by atoms with E-state index >= 15 is 0 Å². The van der Waals surface area contributed by atoms with Gasteiger partial charge in [-0.25, -0.2) is 9.55 Å². The number of nitrogens with zero attached hydrogens (tertiary/aromatic N) is 3. The first-order valence-corrected chi connectivity index (χ1v) is 7.58. The lowest BCUT2D eigenvalue weighted by Gasteiger charge is -2.07. The summed E-state index contributed by atoms with van der Waals surface area (Å²) in [6.45, 7) is 1.24. The molecular weight excluding hydrogens is 350 g/mol. The molecule has 25 heavy (non-hydrogen) atoms. The number of hydrogen-bond acceptors (Lipinski definition) is 6. The van der Waals surface area contributed by atoms with E-state index in [1.54, 1.807) is 6.07 Å². The van der Waals surface area contributed by atoms with Crippen LogP contribution in [0.3, 0.4) is 0 Å². The van der Waals surface area contributed by atoms with Gasteiger partial charge < -0.3 is 14.9 Å². The molecule has 128 valence electrons. The first kappa shape index (κ1) is 16.8. The van der Waals surface area contributed by atoms with Crippen LogP contribution >= 0.6 is 11.6 Å². The summed E-state index contributed by atoms with van der Waals surface area (Å²) < 4.78 is 6.36. The SMILES string of the molecule is CC(=O)Oc1ccc(Cl)c2c1C(=O)C(=Cc1ncc([N+](=O)[O-])n1C)C2. The molecule has 8 nitrogen and oxygen atoms in total. The molecule has 1 aliphatic carbocycles. The second-order valence-corrected chi connectivity index (χ2v) is 5.87. The van der Waals surface area contributed by atoms with Crippen molar-refractivity contribution in [3.63, 3.8) is 0 Å². The van der Waals surface area contributed by atoms with E-state index in [0.717, 1.165) is 6.20 Å². The molecule has 1 aromatic heterocycles. The van der Waals surface area contributed by atoms with E-state index in [1.165, 1.54) is 30.7 Å². The molecular formula is C16H12ClN3O5. The van der Waals surface area contributed by atoms with E-state index in [1.807, 2.05) is 0 Å². The number of ketones is 1. The average molecular weight is 362 g/mol. The number of halogens is 1. The van der Waals surface area contributed by atoms with Gasteiger partial charge in [-0.15, -0.1) is 0 Å². The van der Waals surface area contributed by atoms with E-state index in [0.29, 0.717) is 16.2 Å². The van der Waals surface area contributed by atoms with Gasteiger partial charge in [-0.05, 0) is 22.6 Å². The Morgan fingerprint density at radius 3 is 2.80 bits per heavy atom. The van der Waals surface area contributed by atoms with Crippen molar-refractivity contribution in [3.8, 4) is 5.75 Å². The molecule has 0 fully saturated rings. The second-order valence-electron chi connectivity index (χ2n) is 5.46. The Labute approximate surface area is 146 Å². The first-order valence-electron chi connectivity index (χ1n) is 7.20. The van der Waals surface area contributed by atoms with Gasteiger partial charge in [0.05, 0.1) is 12.6 Å². The molecule has 0 radical (unpaired) electrons. The summed E-state index contributed by atoms with van der Waals surface area (Å²) in [5.74, 6) is -0.665. The smallest absolute Gasteiger partial charge is 0.342 e. The number of Topliss-reactive ketones (excluding diaryl/α,β-unsaturated/α-hetero) is 1. The molecule has 1 heterocycles. The maximum Gasteiger partial charge on any atom is 0.342 e. The fourth-order valence-corrected chi connectivity index (χ4v) is 2.91. The highest BCUT2D eigenvalue weighted by atomic mass is 35.5. The van der Waals surface area contributed by atoms with Gasteiger partial charge in [0.25, 0.3) is 0 Å². The summed E-state index contributed by atoms with van der Waals surface area (Å²) in [6.07, 6.45) is 2.82. The minimum atomic E-state index is -0.560. The van der Waals surface area contributed by atoms with Crippen LogP contribution in [0.2, 0.25) is 5.02 Å². The fourth-order valence-electron chi connectivity index (χ4n) is 2.68. The number of carbonyl (C=O) groups is 2. The Bertz CT molecular complexity index is 961. The molecule has 9 heteroatoms. The standard InChI is InChI=1S/C16H12ClN3O5/c1-8(21)25-12-4-3-11(17)10-5-9(16(22)15(10)12)6-13-18-7-14(19(13)2)20(23)24/h3-4,6-7H,5H2,1-2H3. The van der Waals surface area contributed by atoms with Gasteiger partial charge in [0.15, 0.2) is 5.78 Å². The lowest BCUT2D eigenvalue weighted by atomic mass is 10.1. The van der Waals surface area contributed by atoms with Crippen LogP contribution in [0.25, 0.3) is 6.08 Å². The van der Waals surface area contributed by atoms with Crippen LogP contribution < -0.4 is 4.74 Å². The number of hydrogen-bond donors (Lipinski definition) is 0. The highest BCUT2D eigenvalue weighted by Gasteiger charge is 2.32. The van der Waals surface area contributed by atoms with Crippen molar-refractivity contribution in [2.75, 3.05) is 0 Å². The molecule has 0 bridgehead atoms. The zero-order chi connectivity index (χ0) is 18.3. The third-order valence-corrected chi connectivity index (χ3v) is 4.20. The number of nitro groups is 1. The van der Waals surface area contributed by atoms with Crippen LogP contribution in [0.1, 0.15) is 28.7 Å². The summed E-state index contributed by atoms with van der Waals surface area (Å²) in [6, 6.07) is 3.02. The average Bonchev–Trinajstić information content (AvgIpc) is 3.05. The number of rotatable bonds is 3. The zero-order valence-corrected chi connectivity index (χ0v) is 14.0. The summed E-state index contributed by atoms with van der Waals surface area (Å²) in [5.41, 5.74) is 1.15. The van der Waals surface area contributed by atoms with Crippen molar-refractivity contribution in [1.82, 2.24) is 9.55 Å². The van der Waals surface area contributed by atoms with Crippen molar-refractivity contribution in [1.29, 1.82) is 0 Å². The molecule has 0 unspecified atom stereocenters. The molecule has 0 aliphatic heterocycles. The Hall–Kier alpha value is -3.00. The third-order valence-electron chi connectivity index (χ3n) is 3.85. The number of allylic oxidation sites excluding steroid dienone is 1. The predicted molar refractivity (Wildman–Crippen MR) is 88.6 cm³/mol. The Morgan fingerprint density at radius 1 is 1.48 bits per heavy atom. The van der Waals surface area contributed by atoms with E-state index in [4.69, 9.17) is 16.3 Å². The molecule has 0 saturated heterocycles. The molecule has 2 aromatic rings. The quantitative estimate of drug-likeness (QED) is 0.274. The molecule has 0 saturated carbocycles. The summed E-state index contributed by atoms with van der Waals surface area (Å²) in [5, 5.41) is 11.3. The van der Waals surface area contributed by atoms with Gasteiger partial charge in [0, 0.05) is 30.0 Å². The Morgan fingerprint density at radius 2 is 2.20 bits per heavy atom. The normalized spacial score (nSPS) is 14.7. The maximum absolute atomic E-state index is 12.7. The van der Waals surface area contributed by atoms with Crippen LogP contribution in [0, 0.1) is 10.1 Å². The van der Waals surface area contributed by atoms with Crippen molar-refractivity contribution in [2.45, 2.75) is 13.3 Å². The Kier molecular flexibility index (Phi) is 4.13. The van der Waals surface area contributed by atoms with Crippen LogP contribution in [0.5, 0.6) is 5.75 Å². The predicted octanol–water partition coefficient (Wildman–Crippen LogP) is 2.73. The lowest BCUT2D eigenvalue weighted by Crippen LogP contribution is -2.06. The van der Waals surface area contributed by atoms with Gasteiger partial charge in [-0.1, -0.05) is 11.6 Å². The van der Waals surface area contributed by atoms with Gasteiger partial charge in [0.2, 0.25) is 5.82 Å². The maximum atomic E-state index is 12.7. The minimum absolute atomic E-state index is 0.145. The van der Waals surface area contributed by atoms with E-state index < -0.39 is 10.9 Å². The largest absolute Gasteiger partial charge is 0.426 e. The molecule has 0 amide bonds. The highest BCUT2D eigenvalue weighted by Crippen LogP contribution is 2.38. The summed E-state index contributed by atoms with van der Waals surface area (Å²) in [7, 11) is 1.49.